The zero-order valence-corrected chi connectivity index (χ0v) is 6.82. The van der Waals surface area contributed by atoms with Gasteiger partial charge in [-0.05, 0) is 6.42 Å². The van der Waals surface area contributed by atoms with Crippen LogP contribution in [-0.4, -0.2) is 36.9 Å². The highest BCUT2D eigenvalue weighted by molar-refractivity contribution is 5.79. The molecule has 1 fully saturated rings. The average molecular weight is 174 g/mol. The van der Waals surface area contributed by atoms with Crippen molar-refractivity contribution < 1.29 is 14.6 Å². The van der Waals surface area contributed by atoms with Gasteiger partial charge in [-0.15, -0.1) is 0 Å². The normalized spacial score (nSPS) is 22.8. The van der Waals surface area contributed by atoms with Crippen LogP contribution in [0.3, 0.4) is 0 Å². The number of rotatable bonds is 4. The molecule has 0 radical (unpaired) electrons. The quantitative estimate of drug-likeness (QED) is 0.468. The Balaban J connectivity index is 2.42. The standard InChI is InChI=1S/C7H14N2O3/c8-5(6(9)11)1-7(2-10)3-12-4-7/h5,10H,1-4,8H2,(H2,9,11). The molecule has 1 amide bonds. The molecule has 1 unspecified atom stereocenters. The third-order valence-corrected chi connectivity index (χ3v) is 2.17. The molecule has 12 heavy (non-hydrogen) atoms. The number of aliphatic hydroxyl groups is 1. The summed E-state index contributed by atoms with van der Waals surface area (Å²) in [7, 11) is 0. The molecule has 1 rings (SSSR count). The van der Waals surface area contributed by atoms with E-state index in [1.807, 2.05) is 0 Å². The fraction of sp³-hybridized carbons (Fsp3) is 0.857. The van der Waals surface area contributed by atoms with Gasteiger partial charge in [0, 0.05) is 5.41 Å². The number of carbonyl (C=O) groups is 1. The van der Waals surface area contributed by atoms with Crippen molar-refractivity contribution in [2.45, 2.75) is 12.5 Å². The molecule has 70 valence electrons. The molecule has 1 heterocycles. The maximum Gasteiger partial charge on any atom is 0.234 e. The van der Waals surface area contributed by atoms with E-state index in [-0.39, 0.29) is 12.0 Å². The number of primary amides is 1. The van der Waals surface area contributed by atoms with Crippen LogP contribution >= 0.6 is 0 Å². The van der Waals surface area contributed by atoms with E-state index in [9.17, 15) is 4.79 Å². The molecule has 0 saturated carbocycles. The fourth-order valence-electron chi connectivity index (χ4n) is 1.23. The Morgan fingerprint density at radius 1 is 1.67 bits per heavy atom. The van der Waals surface area contributed by atoms with E-state index < -0.39 is 11.9 Å². The van der Waals surface area contributed by atoms with Gasteiger partial charge in [0.2, 0.25) is 5.91 Å². The number of ether oxygens (including phenoxy) is 1. The Kier molecular flexibility index (Phi) is 2.66. The third kappa shape index (κ3) is 1.74. The highest BCUT2D eigenvalue weighted by Gasteiger charge is 2.40. The Labute approximate surface area is 70.7 Å². The largest absolute Gasteiger partial charge is 0.396 e. The first-order valence-electron chi connectivity index (χ1n) is 3.83. The smallest absolute Gasteiger partial charge is 0.234 e. The monoisotopic (exact) mass is 174 g/mol. The molecule has 0 aromatic heterocycles. The lowest BCUT2D eigenvalue weighted by Crippen LogP contribution is -2.51. The average Bonchev–Trinajstić information content (AvgIpc) is 1.96. The molecule has 0 aliphatic carbocycles. The number of hydrogen-bond acceptors (Lipinski definition) is 4. The molecular weight excluding hydrogens is 160 g/mol. The third-order valence-electron chi connectivity index (χ3n) is 2.17. The topological polar surface area (TPSA) is 98.6 Å². The van der Waals surface area contributed by atoms with Gasteiger partial charge in [0.05, 0.1) is 25.9 Å². The van der Waals surface area contributed by atoms with Crippen LogP contribution in [0.5, 0.6) is 0 Å². The first-order valence-corrected chi connectivity index (χ1v) is 3.83. The summed E-state index contributed by atoms with van der Waals surface area (Å²) in [5, 5.41) is 8.98. The van der Waals surface area contributed by atoms with Crippen molar-refractivity contribution in [3.05, 3.63) is 0 Å². The minimum atomic E-state index is -0.680. The van der Waals surface area contributed by atoms with Crippen molar-refractivity contribution in [2.75, 3.05) is 19.8 Å². The molecule has 5 heteroatoms. The van der Waals surface area contributed by atoms with Gasteiger partial charge in [0.25, 0.3) is 0 Å². The van der Waals surface area contributed by atoms with Gasteiger partial charge in [-0.25, -0.2) is 0 Å². The molecule has 5 nitrogen and oxygen atoms in total. The van der Waals surface area contributed by atoms with E-state index in [1.165, 1.54) is 0 Å². The maximum absolute atomic E-state index is 10.6. The summed E-state index contributed by atoms with van der Waals surface area (Å²) < 4.78 is 4.94. The highest BCUT2D eigenvalue weighted by Crippen LogP contribution is 2.31. The number of amides is 1. The predicted octanol–water partition coefficient (Wildman–Crippen LogP) is -1.80. The van der Waals surface area contributed by atoms with Gasteiger partial charge in [-0.1, -0.05) is 0 Å². The van der Waals surface area contributed by atoms with Crippen LogP contribution in [-0.2, 0) is 9.53 Å². The molecule has 0 aromatic rings. The lowest BCUT2D eigenvalue weighted by atomic mass is 9.80. The van der Waals surface area contributed by atoms with E-state index >= 15 is 0 Å². The molecule has 1 atom stereocenters. The minimum absolute atomic E-state index is 0.00597. The molecule has 5 N–H and O–H groups in total. The van der Waals surface area contributed by atoms with Crippen LogP contribution in [0.15, 0.2) is 0 Å². The van der Waals surface area contributed by atoms with Crippen LogP contribution in [0.1, 0.15) is 6.42 Å². The van der Waals surface area contributed by atoms with Crippen molar-refractivity contribution in [2.24, 2.45) is 16.9 Å². The number of aliphatic hydroxyl groups excluding tert-OH is 1. The van der Waals surface area contributed by atoms with Gasteiger partial charge in [0.15, 0.2) is 0 Å². The highest BCUT2D eigenvalue weighted by atomic mass is 16.5. The minimum Gasteiger partial charge on any atom is -0.396 e. The summed E-state index contributed by atoms with van der Waals surface area (Å²) in [5.74, 6) is -0.533. The molecule has 0 bridgehead atoms. The second-order valence-corrected chi connectivity index (χ2v) is 3.36. The summed E-state index contributed by atoms with van der Waals surface area (Å²) in [6.45, 7) is 0.920. The SMILES string of the molecule is NC(=O)C(N)CC1(CO)COC1. The molecular formula is C7H14N2O3. The van der Waals surface area contributed by atoms with Crippen LogP contribution in [0, 0.1) is 5.41 Å². The molecule has 0 spiro atoms. The van der Waals surface area contributed by atoms with Crippen molar-refractivity contribution in [3.8, 4) is 0 Å². The Bertz CT molecular complexity index is 174. The van der Waals surface area contributed by atoms with Gasteiger partial charge in [-0.2, -0.15) is 0 Å². The summed E-state index contributed by atoms with van der Waals surface area (Å²) >= 11 is 0. The van der Waals surface area contributed by atoms with Crippen LogP contribution < -0.4 is 11.5 Å². The van der Waals surface area contributed by atoms with Crippen LogP contribution in [0.2, 0.25) is 0 Å². The van der Waals surface area contributed by atoms with E-state index in [4.69, 9.17) is 21.3 Å². The second kappa shape index (κ2) is 3.38. The van der Waals surface area contributed by atoms with Crippen molar-refractivity contribution >= 4 is 5.91 Å². The number of carbonyl (C=O) groups excluding carboxylic acids is 1. The summed E-state index contributed by atoms with van der Waals surface area (Å²) in [4.78, 5) is 10.6. The summed E-state index contributed by atoms with van der Waals surface area (Å²) in [6, 6.07) is -0.680. The summed E-state index contributed by atoms with van der Waals surface area (Å²) in [5.41, 5.74) is 10.1. The van der Waals surface area contributed by atoms with Crippen molar-refractivity contribution in [3.63, 3.8) is 0 Å². The van der Waals surface area contributed by atoms with Crippen LogP contribution in [0.4, 0.5) is 0 Å². The van der Waals surface area contributed by atoms with Crippen LogP contribution in [0.25, 0.3) is 0 Å². The second-order valence-electron chi connectivity index (χ2n) is 3.36. The molecule has 1 aliphatic rings. The van der Waals surface area contributed by atoms with E-state index in [0.717, 1.165) is 0 Å². The fourth-order valence-corrected chi connectivity index (χ4v) is 1.23. The van der Waals surface area contributed by atoms with Gasteiger partial charge in [-0.3, -0.25) is 4.79 Å². The van der Waals surface area contributed by atoms with Crippen molar-refractivity contribution in [1.29, 1.82) is 0 Å². The molecule has 1 aliphatic heterocycles. The van der Waals surface area contributed by atoms with E-state index in [2.05, 4.69) is 0 Å². The maximum atomic E-state index is 10.6. The molecule has 0 aromatic carbocycles. The van der Waals surface area contributed by atoms with Crippen molar-refractivity contribution in [1.82, 2.24) is 0 Å². The lowest BCUT2D eigenvalue weighted by molar-refractivity contribution is -0.147. The van der Waals surface area contributed by atoms with Gasteiger partial charge < -0.3 is 21.3 Å². The lowest BCUT2D eigenvalue weighted by Gasteiger charge is -2.40. The Morgan fingerprint density at radius 3 is 2.50 bits per heavy atom. The predicted molar refractivity (Wildman–Crippen MR) is 42.1 cm³/mol. The van der Waals surface area contributed by atoms with Gasteiger partial charge in [0.1, 0.15) is 0 Å². The summed E-state index contributed by atoms with van der Waals surface area (Å²) in [6.07, 6.45) is 0.402. The number of nitrogens with two attached hydrogens (primary N) is 2. The Morgan fingerprint density at radius 2 is 2.25 bits per heavy atom. The Hall–Kier alpha value is -0.650. The zero-order valence-electron chi connectivity index (χ0n) is 6.82. The van der Waals surface area contributed by atoms with E-state index in [1.54, 1.807) is 0 Å². The first-order chi connectivity index (χ1) is 5.59. The molecule has 1 saturated heterocycles. The zero-order chi connectivity index (χ0) is 9.19. The van der Waals surface area contributed by atoms with Gasteiger partial charge >= 0.3 is 0 Å². The number of hydrogen-bond donors (Lipinski definition) is 3. The van der Waals surface area contributed by atoms with E-state index in [0.29, 0.717) is 19.6 Å². The first kappa shape index (κ1) is 9.44.